The monoisotopic (exact) mass is 728 g/mol. The number of aromatic nitrogens is 4. The number of hydrogen-bond donors (Lipinski definition) is 0. The number of fused-ring (bicyclic) bond motifs is 6. The molecule has 3 heterocycles. The van der Waals surface area contributed by atoms with Crippen LogP contribution < -0.4 is 0 Å². The molecule has 57 heavy (non-hydrogen) atoms. The summed E-state index contributed by atoms with van der Waals surface area (Å²) in [4.78, 5) is 10.1. The number of nitrogens with zero attached hydrogens (tertiary/aromatic N) is 4. The van der Waals surface area contributed by atoms with E-state index in [9.17, 15) is 0 Å². The third-order valence-electron chi connectivity index (χ3n) is 11.3. The maximum Gasteiger partial charge on any atom is 0.235 e. The molecule has 0 radical (unpaired) electrons. The van der Waals surface area contributed by atoms with Crippen molar-refractivity contribution in [3.63, 3.8) is 0 Å². The first-order chi connectivity index (χ1) is 28.2. The van der Waals surface area contributed by atoms with E-state index in [0.29, 0.717) is 5.95 Å². The maximum atomic E-state index is 5.22. The molecule has 268 valence electrons. The summed E-state index contributed by atoms with van der Waals surface area (Å²) in [5, 5.41) is 4.82. The fourth-order valence-electron chi connectivity index (χ4n) is 8.64. The van der Waals surface area contributed by atoms with E-state index in [-0.39, 0.29) is 0 Å². The third-order valence-corrected chi connectivity index (χ3v) is 11.3. The van der Waals surface area contributed by atoms with E-state index in [0.717, 1.165) is 33.5 Å². The Kier molecular flexibility index (Phi) is 7.68. The molecule has 0 atom stereocenters. The maximum absolute atomic E-state index is 5.22. The molecular weight excluding hydrogens is 693 g/mol. The highest BCUT2D eigenvalue weighted by molar-refractivity contribution is 6.12. The second-order valence-electron chi connectivity index (χ2n) is 14.7. The van der Waals surface area contributed by atoms with E-state index in [2.05, 4.69) is 204 Å². The lowest BCUT2D eigenvalue weighted by Crippen LogP contribution is -2.01. The quantitative estimate of drug-likeness (QED) is 0.171. The van der Waals surface area contributed by atoms with Crippen molar-refractivity contribution in [1.29, 1.82) is 0 Å². The minimum absolute atomic E-state index is 0.649. The summed E-state index contributed by atoms with van der Waals surface area (Å²) in [6.45, 7) is 2.19. The smallest absolute Gasteiger partial charge is 0.235 e. The van der Waals surface area contributed by atoms with Gasteiger partial charge in [-0.25, -0.2) is 9.97 Å². The average molecular weight is 729 g/mol. The van der Waals surface area contributed by atoms with Gasteiger partial charge in [0, 0.05) is 39.0 Å². The average Bonchev–Trinajstić information content (AvgIpc) is 3.79. The highest BCUT2D eigenvalue weighted by atomic mass is 15.2. The van der Waals surface area contributed by atoms with Gasteiger partial charge in [0.1, 0.15) is 0 Å². The van der Waals surface area contributed by atoms with Gasteiger partial charge in [-0.05, 0) is 107 Å². The predicted octanol–water partition coefficient (Wildman–Crippen LogP) is 13.6. The second-order valence-corrected chi connectivity index (χ2v) is 14.7. The van der Waals surface area contributed by atoms with Crippen molar-refractivity contribution in [3.8, 4) is 56.3 Å². The summed E-state index contributed by atoms with van der Waals surface area (Å²) < 4.78 is 4.56. The molecule has 4 nitrogen and oxygen atoms in total. The van der Waals surface area contributed by atoms with Crippen molar-refractivity contribution in [2.45, 2.75) is 6.92 Å². The van der Waals surface area contributed by atoms with Crippen LogP contribution in [-0.2, 0) is 0 Å². The van der Waals surface area contributed by atoms with E-state index in [1.54, 1.807) is 0 Å². The standard InChI is InChI=1S/C53H36N4/c1-35-31-37(36-13-4-2-5-14-36)23-26-43(35)40-15-12-16-41(32-40)48-29-30-54-53(55-48)57-50-22-11-9-20-45(50)47-34-39(25-28-52(47)57)38-24-27-51-46(33-38)44-19-8-10-21-49(44)56(51)42-17-6-3-7-18-42/h2-34H,1H3. The molecule has 0 fully saturated rings. The third kappa shape index (κ3) is 5.53. The van der Waals surface area contributed by atoms with E-state index in [1.165, 1.54) is 66.0 Å². The van der Waals surface area contributed by atoms with Crippen LogP contribution in [0.25, 0.3) is 99.9 Å². The topological polar surface area (TPSA) is 35.6 Å². The van der Waals surface area contributed by atoms with Gasteiger partial charge in [-0.3, -0.25) is 4.57 Å². The predicted molar refractivity (Wildman–Crippen MR) is 237 cm³/mol. The van der Waals surface area contributed by atoms with Crippen LogP contribution in [0.2, 0.25) is 0 Å². The first-order valence-electron chi connectivity index (χ1n) is 19.4. The Labute approximate surface area is 330 Å². The Balaban J connectivity index is 0.988. The fraction of sp³-hybridized carbons (Fsp3) is 0.0189. The van der Waals surface area contributed by atoms with Gasteiger partial charge in [0.25, 0.3) is 0 Å². The highest BCUT2D eigenvalue weighted by Gasteiger charge is 2.18. The van der Waals surface area contributed by atoms with Crippen LogP contribution >= 0.6 is 0 Å². The van der Waals surface area contributed by atoms with E-state index in [1.807, 2.05) is 12.3 Å². The highest BCUT2D eigenvalue weighted by Crippen LogP contribution is 2.38. The van der Waals surface area contributed by atoms with E-state index >= 15 is 0 Å². The second kappa shape index (κ2) is 13.3. The molecule has 4 heteroatoms. The Hall–Kier alpha value is -7.56. The Morgan fingerprint density at radius 2 is 0.912 bits per heavy atom. The van der Waals surface area contributed by atoms with Crippen molar-refractivity contribution >= 4 is 43.6 Å². The van der Waals surface area contributed by atoms with Gasteiger partial charge < -0.3 is 4.57 Å². The van der Waals surface area contributed by atoms with Gasteiger partial charge in [-0.1, -0.05) is 133 Å². The molecule has 3 aromatic heterocycles. The fourth-order valence-corrected chi connectivity index (χ4v) is 8.64. The SMILES string of the molecule is Cc1cc(-c2ccccc2)ccc1-c1cccc(-c2ccnc(-n3c4ccccc4c4cc(-c5ccc6c(c5)c5ccccc5n6-c5ccccc5)ccc43)n2)c1. The van der Waals surface area contributed by atoms with Crippen molar-refractivity contribution in [1.82, 2.24) is 19.1 Å². The van der Waals surface area contributed by atoms with E-state index < -0.39 is 0 Å². The summed E-state index contributed by atoms with van der Waals surface area (Å²) in [5.41, 5.74) is 16.0. The van der Waals surface area contributed by atoms with Gasteiger partial charge in [0.05, 0.1) is 27.8 Å². The molecule has 0 unspecified atom stereocenters. The van der Waals surface area contributed by atoms with Crippen molar-refractivity contribution in [3.05, 3.63) is 206 Å². The van der Waals surface area contributed by atoms with Crippen LogP contribution in [0.4, 0.5) is 0 Å². The van der Waals surface area contributed by atoms with Crippen LogP contribution in [0.15, 0.2) is 200 Å². The molecule has 8 aromatic carbocycles. The minimum atomic E-state index is 0.649. The first kappa shape index (κ1) is 32.8. The normalized spacial score (nSPS) is 11.6. The molecule has 0 amide bonds. The molecule has 0 saturated heterocycles. The van der Waals surface area contributed by atoms with E-state index in [4.69, 9.17) is 9.97 Å². The van der Waals surface area contributed by atoms with Crippen LogP contribution in [0.5, 0.6) is 0 Å². The Morgan fingerprint density at radius 1 is 0.368 bits per heavy atom. The van der Waals surface area contributed by atoms with Gasteiger partial charge in [-0.15, -0.1) is 0 Å². The number of rotatable bonds is 6. The summed E-state index contributed by atoms with van der Waals surface area (Å²) in [7, 11) is 0. The summed E-state index contributed by atoms with van der Waals surface area (Å²) >= 11 is 0. The summed E-state index contributed by atoms with van der Waals surface area (Å²) in [5.74, 6) is 0.649. The van der Waals surface area contributed by atoms with Crippen LogP contribution in [0, 0.1) is 6.92 Å². The molecular formula is C53H36N4. The zero-order valence-electron chi connectivity index (χ0n) is 31.3. The Morgan fingerprint density at radius 3 is 1.61 bits per heavy atom. The molecule has 0 saturated carbocycles. The molecule has 0 spiro atoms. The number of aryl methyl sites for hydroxylation is 1. The van der Waals surface area contributed by atoms with Gasteiger partial charge in [-0.2, -0.15) is 0 Å². The lowest BCUT2D eigenvalue weighted by molar-refractivity contribution is 0.992. The largest absolute Gasteiger partial charge is 0.309 e. The zero-order chi connectivity index (χ0) is 37.9. The van der Waals surface area contributed by atoms with Crippen molar-refractivity contribution in [2.75, 3.05) is 0 Å². The number of para-hydroxylation sites is 3. The molecule has 0 aliphatic carbocycles. The number of benzene rings is 8. The summed E-state index contributed by atoms with van der Waals surface area (Å²) in [6.07, 6.45) is 1.88. The minimum Gasteiger partial charge on any atom is -0.309 e. The van der Waals surface area contributed by atoms with Crippen LogP contribution in [0.1, 0.15) is 5.56 Å². The molecule has 0 aliphatic rings. The molecule has 0 aliphatic heterocycles. The number of hydrogen-bond acceptors (Lipinski definition) is 2. The van der Waals surface area contributed by atoms with Crippen molar-refractivity contribution in [2.24, 2.45) is 0 Å². The molecule has 0 bridgehead atoms. The van der Waals surface area contributed by atoms with Crippen LogP contribution in [-0.4, -0.2) is 19.1 Å². The van der Waals surface area contributed by atoms with Crippen LogP contribution in [0.3, 0.4) is 0 Å². The van der Waals surface area contributed by atoms with Gasteiger partial charge in [0.2, 0.25) is 5.95 Å². The first-order valence-corrected chi connectivity index (χ1v) is 19.4. The van der Waals surface area contributed by atoms with Gasteiger partial charge >= 0.3 is 0 Å². The molecule has 0 N–H and O–H groups in total. The lowest BCUT2D eigenvalue weighted by atomic mass is 9.94. The molecule has 11 rings (SSSR count). The Bertz CT molecular complexity index is 3300. The summed E-state index contributed by atoms with van der Waals surface area (Å²) in [6, 6.07) is 69.4. The molecule has 11 aromatic rings. The van der Waals surface area contributed by atoms with Crippen molar-refractivity contribution < 1.29 is 0 Å². The van der Waals surface area contributed by atoms with Gasteiger partial charge in [0.15, 0.2) is 0 Å². The lowest BCUT2D eigenvalue weighted by Gasteiger charge is -2.12. The zero-order valence-corrected chi connectivity index (χ0v) is 31.3.